The summed E-state index contributed by atoms with van der Waals surface area (Å²) in [4.78, 5) is 41.7. The fraction of sp³-hybridized carbons (Fsp3) is 0.138. The Morgan fingerprint density at radius 2 is 1.49 bits per heavy atom. The van der Waals surface area contributed by atoms with Crippen LogP contribution >= 0.6 is 0 Å². The minimum Gasteiger partial charge on any atom is -0.507 e. The summed E-state index contributed by atoms with van der Waals surface area (Å²) in [6.07, 6.45) is 0. The van der Waals surface area contributed by atoms with Crippen LogP contribution in [-0.4, -0.2) is 26.2 Å². The lowest BCUT2D eigenvalue weighted by Crippen LogP contribution is -2.34. The molecule has 0 saturated carbocycles. The Labute approximate surface area is 212 Å². The van der Waals surface area contributed by atoms with Crippen molar-refractivity contribution in [2.75, 3.05) is 4.90 Å². The zero-order chi connectivity index (χ0) is 26.4. The van der Waals surface area contributed by atoms with Crippen LogP contribution in [-0.2, 0) is 16.6 Å². The first-order chi connectivity index (χ1) is 17.7. The molecule has 1 aliphatic heterocycles. The first kappa shape index (κ1) is 24.0. The lowest BCUT2D eigenvalue weighted by atomic mass is 9.94. The largest absolute Gasteiger partial charge is 0.507 e. The highest BCUT2D eigenvalue weighted by Crippen LogP contribution is 2.43. The van der Waals surface area contributed by atoms with E-state index in [-0.39, 0.29) is 16.8 Å². The molecule has 1 atom stereocenters. The number of aliphatic hydroxyl groups excluding tert-OH is 1. The normalized spacial score (nSPS) is 17.0. The molecule has 4 aromatic rings. The van der Waals surface area contributed by atoms with Crippen molar-refractivity contribution in [2.24, 2.45) is 7.05 Å². The number of anilines is 1. The molecule has 1 aliphatic rings. The number of ketones is 1. The van der Waals surface area contributed by atoms with Gasteiger partial charge in [0, 0.05) is 18.2 Å². The summed E-state index contributed by atoms with van der Waals surface area (Å²) in [6, 6.07) is 19.9. The van der Waals surface area contributed by atoms with Gasteiger partial charge in [-0.15, -0.1) is 0 Å². The Bertz CT molecular complexity index is 1630. The van der Waals surface area contributed by atoms with Crippen molar-refractivity contribution < 1.29 is 19.1 Å². The summed E-state index contributed by atoms with van der Waals surface area (Å²) in [5.41, 5.74) is 1.28. The molecule has 1 aromatic heterocycles. The van der Waals surface area contributed by atoms with E-state index in [1.807, 2.05) is 13.0 Å². The SMILES string of the molecule is Cc1ccc(/C(O)=C2/C(=O)C(=O)N(c3c(C)n(C)n(-c4ccccc4)c3=O)C2c2ccccc2F)cc1. The summed E-state index contributed by atoms with van der Waals surface area (Å²) in [5.74, 6) is -3.13. The molecule has 7 nitrogen and oxygen atoms in total. The van der Waals surface area contributed by atoms with Crippen LogP contribution in [0.25, 0.3) is 11.4 Å². The van der Waals surface area contributed by atoms with Gasteiger partial charge in [-0.05, 0) is 32.0 Å². The molecule has 0 radical (unpaired) electrons. The molecular weight excluding hydrogens is 473 g/mol. The summed E-state index contributed by atoms with van der Waals surface area (Å²) in [5, 5.41) is 11.2. The van der Waals surface area contributed by atoms with Crippen molar-refractivity contribution in [1.29, 1.82) is 0 Å². The highest BCUT2D eigenvalue weighted by molar-refractivity contribution is 6.51. The number of halogens is 1. The standard InChI is InChI=1S/C29H24FN3O4/c1-17-13-15-19(16-14-17)26(34)23-25(21-11-7-8-12-22(21)30)32(29(37)27(23)35)24-18(2)31(3)33(28(24)36)20-9-5-4-6-10-20/h4-16,25,34H,1-3H3/b26-23-. The summed E-state index contributed by atoms with van der Waals surface area (Å²) >= 11 is 0. The minimum atomic E-state index is -1.35. The number of carbonyl (C=O) groups is 2. The Kier molecular flexibility index (Phi) is 5.87. The first-order valence-corrected chi connectivity index (χ1v) is 11.7. The number of aromatic nitrogens is 2. The molecule has 1 amide bonds. The van der Waals surface area contributed by atoms with Crippen LogP contribution in [0.15, 0.2) is 89.2 Å². The number of rotatable bonds is 4. The summed E-state index contributed by atoms with van der Waals surface area (Å²) in [6.45, 7) is 3.52. The Hall–Kier alpha value is -4.72. The van der Waals surface area contributed by atoms with Gasteiger partial charge in [0.1, 0.15) is 17.3 Å². The van der Waals surface area contributed by atoms with Gasteiger partial charge >= 0.3 is 0 Å². The fourth-order valence-electron chi connectivity index (χ4n) is 4.75. The average Bonchev–Trinajstić information content (AvgIpc) is 3.27. The maximum absolute atomic E-state index is 15.2. The van der Waals surface area contributed by atoms with Crippen molar-refractivity contribution in [3.63, 3.8) is 0 Å². The first-order valence-electron chi connectivity index (χ1n) is 11.7. The third-order valence-corrected chi connectivity index (χ3v) is 6.73. The van der Waals surface area contributed by atoms with E-state index in [4.69, 9.17) is 0 Å². The number of aryl methyl sites for hydroxylation is 1. The predicted octanol–water partition coefficient (Wildman–Crippen LogP) is 4.56. The molecule has 2 heterocycles. The van der Waals surface area contributed by atoms with Crippen LogP contribution in [0.5, 0.6) is 0 Å². The van der Waals surface area contributed by atoms with Crippen molar-refractivity contribution in [3.05, 3.63) is 123 Å². The smallest absolute Gasteiger partial charge is 0.300 e. The summed E-state index contributed by atoms with van der Waals surface area (Å²) in [7, 11) is 1.66. The van der Waals surface area contributed by atoms with Crippen LogP contribution in [0.2, 0.25) is 0 Å². The highest BCUT2D eigenvalue weighted by atomic mass is 19.1. The Morgan fingerprint density at radius 3 is 2.14 bits per heavy atom. The molecular formula is C29H24FN3O4. The number of nitrogens with zero attached hydrogens (tertiary/aromatic N) is 3. The van der Waals surface area contributed by atoms with E-state index >= 15 is 4.39 Å². The van der Waals surface area contributed by atoms with Crippen LogP contribution < -0.4 is 10.5 Å². The van der Waals surface area contributed by atoms with Gasteiger partial charge in [0.05, 0.1) is 23.0 Å². The Balaban J connectivity index is 1.80. The predicted molar refractivity (Wildman–Crippen MR) is 138 cm³/mol. The van der Waals surface area contributed by atoms with Gasteiger partial charge in [-0.3, -0.25) is 24.0 Å². The molecule has 5 rings (SSSR count). The summed E-state index contributed by atoms with van der Waals surface area (Å²) < 4.78 is 18.1. The maximum Gasteiger partial charge on any atom is 0.300 e. The zero-order valence-electron chi connectivity index (χ0n) is 20.5. The zero-order valence-corrected chi connectivity index (χ0v) is 20.5. The molecule has 1 saturated heterocycles. The number of hydrogen-bond acceptors (Lipinski definition) is 4. The second kappa shape index (κ2) is 9.05. The number of Topliss-reactive ketones (excluding diaryl/α,β-unsaturated/α-hetero) is 1. The highest BCUT2D eigenvalue weighted by Gasteiger charge is 2.49. The van der Waals surface area contributed by atoms with E-state index < -0.39 is 34.9 Å². The quantitative estimate of drug-likeness (QED) is 0.255. The number of para-hydroxylation sites is 1. The van der Waals surface area contributed by atoms with Crippen molar-refractivity contribution in [2.45, 2.75) is 19.9 Å². The Morgan fingerprint density at radius 1 is 0.865 bits per heavy atom. The van der Waals surface area contributed by atoms with Gasteiger partial charge in [-0.2, -0.15) is 0 Å². The van der Waals surface area contributed by atoms with Crippen LogP contribution in [0, 0.1) is 19.7 Å². The van der Waals surface area contributed by atoms with E-state index in [9.17, 15) is 19.5 Å². The van der Waals surface area contributed by atoms with Crippen molar-refractivity contribution in [1.82, 2.24) is 9.36 Å². The van der Waals surface area contributed by atoms with Gasteiger partial charge in [0.15, 0.2) is 0 Å². The lowest BCUT2D eigenvalue weighted by molar-refractivity contribution is -0.132. The number of amides is 1. The van der Waals surface area contributed by atoms with E-state index in [1.165, 1.54) is 22.9 Å². The number of benzene rings is 3. The monoisotopic (exact) mass is 497 g/mol. The average molecular weight is 498 g/mol. The van der Waals surface area contributed by atoms with E-state index in [2.05, 4.69) is 0 Å². The van der Waals surface area contributed by atoms with Gasteiger partial charge in [0.2, 0.25) is 0 Å². The second-order valence-electron chi connectivity index (χ2n) is 8.97. The number of carbonyl (C=O) groups excluding carboxylic acids is 2. The second-order valence-corrected chi connectivity index (χ2v) is 8.97. The molecule has 0 bridgehead atoms. The van der Waals surface area contributed by atoms with Gasteiger partial charge in [-0.25, -0.2) is 9.07 Å². The third-order valence-electron chi connectivity index (χ3n) is 6.73. The maximum atomic E-state index is 15.2. The molecule has 1 fully saturated rings. The molecule has 0 aliphatic carbocycles. The van der Waals surface area contributed by atoms with E-state index in [1.54, 1.807) is 73.3 Å². The van der Waals surface area contributed by atoms with Crippen molar-refractivity contribution in [3.8, 4) is 5.69 Å². The molecule has 1 N–H and O–H groups in total. The molecule has 186 valence electrons. The van der Waals surface area contributed by atoms with Crippen LogP contribution in [0.3, 0.4) is 0 Å². The van der Waals surface area contributed by atoms with Crippen molar-refractivity contribution >= 4 is 23.1 Å². The van der Waals surface area contributed by atoms with Crippen LogP contribution in [0.4, 0.5) is 10.1 Å². The molecule has 0 spiro atoms. The third kappa shape index (κ3) is 3.78. The molecule has 8 heteroatoms. The lowest BCUT2D eigenvalue weighted by Gasteiger charge is -2.24. The van der Waals surface area contributed by atoms with Crippen LogP contribution in [0.1, 0.15) is 28.4 Å². The minimum absolute atomic E-state index is 0.00993. The van der Waals surface area contributed by atoms with Gasteiger partial charge in [-0.1, -0.05) is 66.2 Å². The number of hydrogen-bond donors (Lipinski definition) is 1. The topological polar surface area (TPSA) is 84.5 Å². The van der Waals surface area contributed by atoms with E-state index in [0.717, 1.165) is 10.5 Å². The molecule has 3 aromatic carbocycles. The number of aliphatic hydroxyl groups is 1. The van der Waals surface area contributed by atoms with E-state index in [0.29, 0.717) is 16.9 Å². The molecule has 37 heavy (non-hydrogen) atoms. The van der Waals surface area contributed by atoms with Gasteiger partial charge < -0.3 is 5.11 Å². The fourth-order valence-corrected chi connectivity index (χ4v) is 4.75. The van der Waals surface area contributed by atoms with Gasteiger partial charge in [0.25, 0.3) is 17.2 Å². The molecule has 1 unspecified atom stereocenters.